The van der Waals surface area contributed by atoms with Crippen LogP contribution in [0, 0.1) is 0 Å². The molecule has 1 amide bonds. The standard InChI is InChI=1S/C32H30N2O4/c1-4-20-38-27-15-8-7-14-26(27)34-29(22-16-18-23(19-17-22)33(2)3)28(31(36)32(34)37)30(35)25-13-9-11-21-10-5-6-12-24(21)25/h5-19,29,35H,4,20H2,1-3H3/b30-28-. The van der Waals surface area contributed by atoms with Gasteiger partial charge in [-0.05, 0) is 47.0 Å². The minimum Gasteiger partial charge on any atom is -0.507 e. The van der Waals surface area contributed by atoms with Crippen LogP contribution in [-0.2, 0) is 9.59 Å². The van der Waals surface area contributed by atoms with Crippen LogP contribution >= 0.6 is 0 Å². The smallest absolute Gasteiger partial charge is 0.300 e. The number of aliphatic hydroxyl groups excluding tert-OH is 1. The molecule has 1 N–H and O–H groups in total. The quantitative estimate of drug-likeness (QED) is 0.180. The number of nitrogens with zero attached hydrogens (tertiary/aromatic N) is 2. The average Bonchev–Trinajstić information content (AvgIpc) is 3.21. The van der Waals surface area contributed by atoms with Gasteiger partial charge in [0.25, 0.3) is 11.7 Å². The zero-order valence-corrected chi connectivity index (χ0v) is 21.7. The van der Waals surface area contributed by atoms with E-state index in [4.69, 9.17) is 4.74 Å². The summed E-state index contributed by atoms with van der Waals surface area (Å²) in [5.74, 6) is -1.13. The molecule has 0 aromatic heterocycles. The van der Waals surface area contributed by atoms with Crippen LogP contribution < -0.4 is 14.5 Å². The lowest BCUT2D eigenvalue weighted by Crippen LogP contribution is -2.30. The molecule has 5 rings (SSSR count). The highest BCUT2D eigenvalue weighted by Gasteiger charge is 2.47. The number of carbonyl (C=O) groups is 2. The summed E-state index contributed by atoms with van der Waals surface area (Å²) in [6.45, 7) is 2.48. The fourth-order valence-corrected chi connectivity index (χ4v) is 4.92. The maximum atomic E-state index is 13.7. The number of aliphatic hydroxyl groups is 1. The van der Waals surface area contributed by atoms with Gasteiger partial charge in [0, 0.05) is 25.3 Å². The molecule has 1 aliphatic rings. The second-order valence-electron chi connectivity index (χ2n) is 9.50. The fraction of sp³-hybridized carbons (Fsp3) is 0.188. The molecule has 0 saturated carbocycles. The van der Waals surface area contributed by atoms with Crippen LogP contribution in [-0.4, -0.2) is 37.5 Å². The van der Waals surface area contributed by atoms with Gasteiger partial charge in [-0.1, -0.05) is 73.7 Å². The number of hydrogen-bond acceptors (Lipinski definition) is 5. The summed E-state index contributed by atoms with van der Waals surface area (Å²) < 4.78 is 5.96. The Morgan fingerprint density at radius 3 is 2.32 bits per heavy atom. The number of rotatable bonds is 7. The number of benzene rings is 4. The van der Waals surface area contributed by atoms with Crippen molar-refractivity contribution in [2.24, 2.45) is 0 Å². The van der Waals surface area contributed by atoms with Crippen molar-refractivity contribution in [1.82, 2.24) is 0 Å². The first kappa shape index (κ1) is 25.1. The Kier molecular flexibility index (Phi) is 6.88. The molecule has 1 fully saturated rings. The van der Waals surface area contributed by atoms with E-state index in [1.54, 1.807) is 18.2 Å². The Bertz CT molecular complexity index is 1530. The summed E-state index contributed by atoms with van der Waals surface area (Å²) in [7, 11) is 3.89. The summed E-state index contributed by atoms with van der Waals surface area (Å²) in [6.07, 6.45) is 0.795. The van der Waals surface area contributed by atoms with Gasteiger partial charge in [-0.25, -0.2) is 0 Å². The third-order valence-electron chi connectivity index (χ3n) is 6.80. The normalized spacial score (nSPS) is 16.7. The van der Waals surface area contributed by atoms with Gasteiger partial charge in [-0.2, -0.15) is 0 Å². The molecule has 0 spiro atoms. The van der Waals surface area contributed by atoms with E-state index in [1.165, 1.54) is 4.90 Å². The molecule has 1 heterocycles. The molecule has 0 radical (unpaired) electrons. The summed E-state index contributed by atoms with van der Waals surface area (Å²) in [5, 5.41) is 13.4. The van der Waals surface area contributed by atoms with Crippen LogP contribution in [0.25, 0.3) is 16.5 Å². The van der Waals surface area contributed by atoms with Gasteiger partial charge < -0.3 is 14.7 Å². The molecule has 1 atom stereocenters. The van der Waals surface area contributed by atoms with Crippen molar-refractivity contribution in [3.63, 3.8) is 0 Å². The lowest BCUT2D eigenvalue weighted by Gasteiger charge is -2.27. The van der Waals surface area contributed by atoms with Gasteiger partial charge in [0.2, 0.25) is 0 Å². The van der Waals surface area contributed by atoms with Gasteiger partial charge in [-0.15, -0.1) is 0 Å². The van der Waals surface area contributed by atoms with Crippen molar-refractivity contribution in [3.8, 4) is 5.75 Å². The molecule has 0 aliphatic carbocycles. The SMILES string of the molecule is CCCOc1ccccc1N1C(=O)C(=O)/C(=C(\O)c2cccc3ccccc23)C1c1ccc(N(C)C)cc1. The van der Waals surface area contributed by atoms with E-state index in [0.717, 1.165) is 22.9 Å². The Balaban J connectivity index is 1.75. The van der Waals surface area contributed by atoms with Gasteiger partial charge >= 0.3 is 0 Å². The Hall–Kier alpha value is -4.58. The minimum absolute atomic E-state index is 0.0502. The van der Waals surface area contributed by atoms with E-state index in [0.29, 0.717) is 29.2 Å². The third-order valence-corrected chi connectivity index (χ3v) is 6.80. The second-order valence-corrected chi connectivity index (χ2v) is 9.50. The summed E-state index contributed by atoms with van der Waals surface area (Å²) >= 11 is 0. The topological polar surface area (TPSA) is 70.1 Å². The van der Waals surface area contributed by atoms with Crippen molar-refractivity contribution in [3.05, 3.63) is 108 Å². The number of para-hydroxylation sites is 2. The van der Waals surface area contributed by atoms with E-state index >= 15 is 0 Å². The number of carbonyl (C=O) groups excluding carboxylic acids is 2. The van der Waals surface area contributed by atoms with Crippen molar-refractivity contribution >= 4 is 39.6 Å². The van der Waals surface area contributed by atoms with Gasteiger partial charge in [0.1, 0.15) is 11.5 Å². The van der Waals surface area contributed by atoms with Crippen molar-refractivity contribution in [2.45, 2.75) is 19.4 Å². The molecule has 6 heteroatoms. The molecule has 0 bridgehead atoms. The average molecular weight is 507 g/mol. The van der Waals surface area contributed by atoms with E-state index < -0.39 is 17.7 Å². The molecular formula is C32H30N2O4. The maximum Gasteiger partial charge on any atom is 0.300 e. The first-order chi connectivity index (χ1) is 18.4. The van der Waals surface area contributed by atoms with Crippen LogP contribution in [0.1, 0.15) is 30.5 Å². The highest BCUT2D eigenvalue weighted by atomic mass is 16.5. The minimum atomic E-state index is -0.837. The Morgan fingerprint density at radius 2 is 1.58 bits per heavy atom. The largest absolute Gasteiger partial charge is 0.507 e. The predicted octanol–water partition coefficient (Wildman–Crippen LogP) is 6.32. The number of amides is 1. The number of anilines is 2. The second kappa shape index (κ2) is 10.4. The first-order valence-electron chi connectivity index (χ1n) is 12.7. The zero-order valence-electron chi connectivity index (χ0n) is 21.7. The van der Waals surface area contributed by atoms with Gasteiger partial charge in [-0.3, -0.25) is 14.5 Å². The van der Waals surface area contributed by atoms with Crippen molar-refractivity contribution < 1.29 is 19.4 Å². The van der Waals surface area contributed by atoms with E-state index in [-0.39, 0.29) is 11.3 Å². The van der Waals surface area contributed by atoms with Crippen molar-refractivity contribution in [1.29, 1.82) is 0 Å². The lowest BCUT2D eigenvalue weighted by molar-refractivity contribution is -0.132. The molecule has 1 saturated heterocycles. The van der Waals surface area contributed by atoms with Crippen LogP contribution in [0.4, 0.5) is 11.4 Å². The zero-order chi connectivity index (χ0) is 26.8. The number of ether oxygens (including phenoxy) is 1. The number of Topliss-reactive ketones (excluding diaryl/α,β-unsaturated/α-hetero) is 1. The van der Waals surface area contributed by atoms with Crippen LogP contribution in [0.15, 0.2) is 96.6 Å². The molecule has 38 heavy (non-hydrogen) atoms. The summed E-state index contributed by atoms with van der Waals surface area (Å²) in [5.41, 5.74) is 2.73. The van der Waals surface area contributed by atoms with Crippen LogP contribution in [0.3, 0.4) is 0 Å². The summed E-state index contributed by atoms with van der Waals surface area (Å²) in [6, 6.07) is 27.2. The van der Waals surface area contributed by atoms with E-state index in [9.17, 15) is 14.7 Å². The first-order valence-corrected chi connectivity index (χ1v) is 12.7. The number of ketones is 1. The van der Waals surface area contributed by atoms with Gasteiger partial charge in [0.05, 0.1) is 23.9 Å². The van der Waals surface area contributed by atoms with E-state index in [1.807, 2.05) is 98.7 Å². The molecule has 1 aliphatic heterocycles. The molecule has 6 nitrogen and oxygen atoms in total. The molecule has 1 unspecified atom stereocenters. The van der Waals surface area contributed by atoms with Crippen LogP contribution in [0.2, 0.25) is 0 Å². The fourth-order valence-electron chi connectivity index (χ4n) is 4.92. The van der Waals surface area contributed by atoms with Crippen molar-refractivity contribution in [2.75, 3.05) is 30.5 Å². The monoisotopic (exact) mass is 506 g/mol. The molecule has 192 valence electrons. The van der Waals surface area contributed by atoms with E-state index in [2.05, 4.69) is 0 Å². The predicted molar refractivity (Wildman–Crippen MR) is 152 cm³/mol. The third kappa shape index (κ3) is 4.39. The Morgan fingerprint density at radius 1 is 0.895 bits per heavy atom. The lowest BCUT2D eigenvalue weighted by atomic mass is 9.93. The maximum absolute atomic E-state index is 13.7. The Labute approximate surface area is 222 Å². The number of hydrogen-bond donors (Lipinski definition) is 1. The number of fused-ring (bicyclic) bond motifs is 1. The molecule has 4 aromatic rings. The molecule has 4 aromatic carbocycles. The highest BCUT2D eigenvalue weighted by molar-refractivity contribution is 6.52. The summed E-state index contributed by atoms with van der Waals surface area (Å²) in [4.78, 5) is 30.8. The molecular weight excluding hydrogens is 476 g/mol. The van der Waals surface area contributed by atoms with Gasteiger partial charge in [0.15, 0.2) is 0 Å². The van der Waals surface area contributed by atoms with Crippen LogP contribution in [0.5, 0.6) is 5.75 Å². The highest BCUT2D eigenvalue weighted by Crippen LogP contribution is 2.45.